The molecule has 0 aromatic heterocycles. The van der Waals surface area contributed by atoms with E-state index in [1.54, 1.807) is 0 Å². The average molecular weight is 208 g/mol. The van der Waals surface area contributed by atoms with Crippen molar-refractivity contribution in [3.8, 4) is 0 Å². The number of hydrogen-bond acceptors (Lipinski definition) is 0. The van der Waals surface area contributed by atoms with Crippen LogP contribution in [-0.2, 0) is 6.42 Å². The van der Waals surface area contributed by atoms with Gasteiger partial charge in [-0.1, -0.05) is 61.2 Å². The second-order valence-electron chi connectivity index (χ2n) is 4.01. The van der Waals surface area contributed by atoms with Gasteiger partial charge in [0.2, 0.25) is 0 Å². The van der Waals surface area contributed by atoms with Gasteiger partial charge in [0.15, 0.2) is 0 Å². The molecule has 0 aliphatic rings. The maximum atomic E-state index is 3.86. The van der Waals surface area contributed by atoms with E-state index in [0.717, 1.165) is 6.42 Å². The van der Waals surface area contributed by atoms with Gasteiger partial charge in [0.05, 0.1) is 0 Å². The molecule has 2 rings (SSSR count). The summed E-state index contributed by atoms with van der Waals surface area (Å²) in [4.78, 5) is 0. The van der Waals surface area contributed by atoms with E-state index in [-0.39, 0.29) is 0 Å². The molecule has 0 saturated heterocycles. The van der Waals surface area contributed by atoms with E-state index in [0.29, 0.717) is 0 Å². The lowest BCUT2D eigenvalue weighted by molar-refractivity contribution is 1.15. The van der Waals surface area contributed by atoms with Crippen molar-refractivity contribution in [2.45, 2.75) is 13.3 Å². The van der Waals surface area contributed by atoms with Gasteiger partial charge in [-0.2, -0.15) is 0 Å². The van der Waals surface area contributed by atoms with Crippen molar-refractivity contribution >= 4 is 6.08 Å². The molecule has 0 amide bonds. The summed E-state index contributed by atoms with van der Waals surface area (Å²) in [5, 5.41) is 0. The highest BCUT2D eigenvalue weighted by molar-refractivity contribution is 5.53. The van der Waals surface area contributed by atoms with Gasteiger partial charge in [-0.15, -0.1) is 0 Å². The number of hydrogen-bond donors (Lipinski definition) is 0. The highest BCUT2D eigenvalue weighted by atomic mass is 14.1. The van der Waals surface area contributed by atoms with Crippen LogP contribution in [0.25, 0.3) is 6.08 Å². The van der Waals surface area contributed by atoms with Crippen molar-refractivity contribution in [1.29, 1.82) is 0 Å². The van der Waals surface area contributed by atoms with Gasteiger partial charge in [-0.3, -0.25) is 0 Å². The normalized spacial score (nSPS) is 10.1. The Bertz CT molecular complexity index is 495. The van der Waals surface area contributed by atoms with Crippen LogP contribution < -0.4 is 0 Å². The van der Waals surface area contributed by atoms with E-state index < -0.39 is 0 Å². The lowest BCUT2D eigenvalue weighted by Crippen LogP contribution is -1.93. The van der Waals surface area contributed by atoms with Gasteiger partial charge in [-0.25, -0.2) is 0 Å². The molecule has 0 radical (unpaired) electrons. The molecule has 80 valence electrons. The van der Waals surface area contributed by atoms with Crippen molar-refractivity contribution in [3.05, 3.63) is 77.4 Å². The van der Waals surface area contributed by atoms with E-state index in [2.05, 4.69) is 62.0 Å². The Morgan fingerprint density at radius 2 is 1.56 bits per heavy atom. The zero-order chi connectivity index (χ0) is 11.4. The van der Waals surface area contributed by atoms with Crippen molar-refractivity contribution in [2.24, 2.45) is 0 Å². The van der Waals surface area contributed by atoms with E-state index >= 15 is 0 Å². The fraction of sp³-hybridized carbons (Fsp3) is 0.125. The largest absolute Gasteiger partial charge is 0.0985 e. The monoisotopic (exact) mass is 208 g/mol. The predicted molar refractivity (Wildman–Crippen MR) is 70.5 cm³/mol. The summed E-state index contributed by atoms with van der Waals surface area (Å²) < 4.78 is 0. The summed E-state index contributed by atoms with van der Waals surface area (Å²) in [6.07, 6.45) is 2.91. The van der Waals surface area contributed by atoms with Crippen LogP contribution >= 0.6 is 0 Å². The van der Waals surface area contributed by atoms with Crippen LogP contribution in [0.3, 0.4) is 0 Å². The van der Waals surface area contributed by atoms with Gasteiger partial charge in [0.25, 0.3) is 0 Å². The molecule has 2 aromatic carbocycles. The second-order valence-corrected chi connectivity index (χ2v) is 4.01. The van der Waals surface area contributed by atoms with Crippen LogP contribution in [0.2, 0.25) is 0 Å². The van der Waals surface area contributed by atoms with Gasteiger partial charge < -0.3 is 0 Å². The number of rotatable bonds is 3. The smallest absolute Gasteiger partial charge is 0.00172 e. The van der Waals surface area contributed by atoms with Crippen LogP contribution in [0.1, 0.15) is 22.3 Å². The third-order valence-electron chi connectivity index (χ3n) is 2.92. The molecule has 0 aliphatic carbocycles. The van der Waals surface area contributed by atoms with E-state index in [1.807, 2.05) is 6.08 Å². The fourth-order valence-corrected chi connectivity index (χ4v) is 1.91. The molecule has 0 unspecified atom stereocenters. The molecule has 0 fully saturated rings. The fourth-order valence-electron chi connectivity index (χ4n) is 1.91. The van der Waals surface area contributed by atoms with Crippen molar-refractivity contribution < 1.29 is 0 Å². The molecule has 0 N–H and O–H groups in total. The first-order valence-corrected chi connectivity index (χ1v) is 5.56. The first kappa shape index (κ1) is 10.7. The van der Waals surface area contributed by atoms with Crippen LogP contribution in [0.5, 0.6) is 0 Å². The highest BCUT2D eigenvalue weighted by Crippen LogP contribution is 2.17. The van der Waals surface area contributed by atoms with E-state index in [9.17, 15) is 0 Å². The summed E-state index contributed by atoms with van der Waals surface area (Å²) in [5.41, 5.74) is 5.30. The summed E-state index contributed by atoms with van der Waals surface area (Å²) in [6, 6.07) is 16.9. The third-order valence-corrected chi connectivity index (χ3v) is 2.92. The lowest BCUT2D eigenvalue weighted by Gasteiger charge is -2.08. The van der Waals surface area contributed by atoms with Crippen LogP contribution in [0.4, 0.5) is 0 Å². The van der Waals surface area contributed by atoms with Crippen LogP contribution in [-0.4, -0.2) is 0 Å². The molecule has 16 heavy (non-hydrogen) atoms. The summed E-state index contributed by atoms with van der Waals surface area (Å²) in [5.74, 6) is 0. The molecule has 0 atom stereocenters. The van der Waals surface area contributed by atoms with Crippen molar-refractivity contribution in [1.82, 2.24) is 0 Å². The summed E-state index contributed by atoms with van der Waals surface area (Å²) in [7, 11) is 0. The van der Waals surface area contributed by atoms with E-state index in [1.165, 1.54) is 22.3 Å². The summed E-state index contributed by atoms with van der Waals surface area (Å²) >= 11 is 0. The minimum absolute atomic E-state index is 0.981. The van der Waals surface area contributed by atoms with E-state index in [4.69, 9.17) is 0 Å². The van der Waals surface area contributed by atoms with Gasteiger partial charge in [0, 0.05) is 0 Å². The van der Waals surface area contributed by atoms with Gasteiger partial charge in [0.1, 0.15) is 0 Å². The number of benzene rings is 2. The first-order chi connectivity index (χ1) is 7.81. The van der Waals surface area contributed by atoms with Crippen molar-refractivity contribution in [2.75, 3.05) is 0 Å². The topological polar surface area (TPSA) is 0 Å². The molecular formula is C16H16. The number of aryl methyl sites for hydroxylation is 1. The Labute approximate surface area is 97.3 Å². The Hall–Kier alpha value is -1.82. The Balaban J connectivity index is 2.34. The molecule has 2 aromatic rings. The molecular weight excluding hydrogens is 192 g/mol. The van der Waals surface area contributed by atoms with Gasteiger partial charge >= 0.3 is 0 Å². The highest BCUT2D eigenvalue weighted by Gasteiger charge is 2.02. The SMILES string of the molecule is C=Cc1ccccc1Cc1ccccc1C. The Morgan fingerprint density at radius 1 is 0.938 bits per heavy atom. The zero-order valence-corrected chi connectivity index (χ0v) is 9.61. The standard InChI is InChI=1S/C16H16/c1-3-14-9-6-7-11-16(14)12-15-10-5-4-8-13(15)2/h3-11H,1,12H2,2H3. The molecule has 0 heteroatoms. The summed E-state index contributed by atoms with van der Waals surface area (Å²) in [6.45, 7) is 6.01. The molecule has 0 aliphatic heterocycles. The Kier molecular flexibility index (Phi) is 3.21. The maximum absolute atomic E-state index is 3.86. The minimum Gasteiger partial charge on any atom is -0.0985 e. The van der Waals surface area contributed by atoms with Crippen molar-refractivity contribution in [3.63, 3.8) is 0 Å². The molecule has 0 heterocycles. The Morgan fingerprint density at radius 3 is 2.25 bits per heavy atom. The first-order valence-electron chi connectivity index (χ1n) is 5.56. The maximum Gasteiger partial charge on any atom is -0.00172 e. The average Bonchev–Trinajstić information content (AvgIpc) is 2.33. The molecule has 0 spiro atoms. The quantitative estimate of drug-likeness (QED) is 0.708. The molecule has 0 nitrogen and oxygen atoms in total. The van der Waals surface area contributed by atoms with Crippen LogP contribution in [0.15, 0.2) is 55.1 Å². The lowest BCUT2D eigenvalue weighted by atomic mass is 9.97. The minimum atomic E-state index is 0.981. The van der Waals surface area contributed by atoms with Crippen LogP contribution in [0, 0.1) is 6.92 Å². The molecule has 0 bridgehead atoms. The predicted octanol–water partition coefficient (Wildman–Crippen LogP) is 4.23. The van der Waals surface area contributed by atoms with Gasteiger partial charge in [-0.05, 0) is 35.6 Å². The second kappa shape index (κ2) is 4.80. The third kappa shape index (κ3) is 2.22. The zero-order valence-electron chi connectivity index (χ0n) is 9.61. The molecule has 0 saturated carbocycles.